The maximum absolute atomic E-state index is 12.6. The van der Waals surface area contributed by atoms with E-state index in [4.69, 9.17) is 4.52 Å². The maximum Gasteiger partial charge on any atom is 3.00 e. The Labute approximate surface area is 175 Å². The van der Waals surface area contributed by atoms with E-state index in [-0.39, 0.29) is 51.0 Å². The fourth-order valence-electron chi connectivity index (χ4n) is 2.52. The van der Waals surface area contributed by atoms with Crippen molar-refractivity contribution >= 4 is 32.5 Å². The van der Waals surface area contributed by atoms with Crippen molar-refractivity contribution in [2.45, 2.75) is 19.5 Å². The molecule has 3 nitrogen and oxygen atoms in total. The van der Waals surface area contributed by atoms with Crippen molar-refractivity contribution in [2.75, 3.05) is 0 Å². The van der Waals surface area contributed by atoms with Gasteiger partial charge in [-0.05, 0) is 10.5 Å². The van der Waals surface area contributed by atoms with Crippen LogP contribution in [0.3, 0.4) is 0 Å². The number of fused-ring (bicyclic) bond motifs is 1. The van der Waals surface area contributed by atoms with Crippen molar-refractivity contribution in [3.05, 3.63) is 59.5 Å². The van der Waals surface area contributed by atoms with Crippen LogP contribution in [0.1, 0.15) is 6.42 Å². The Hall–Kier alpha value is -0.0200. The molecule has 0 bridgehead atoms. The minimum Gasteiger partial charge on any atom is -1.00 e. The molecule has 0 aliphatic heterocycles. The summed E-state index contributed by atoms with van der Waals surface area (Å²) in [6.45, 7) is 4.30. The monoisotopic (exact) mass is 476 g/mol. The molecule has 8 heteroatoms. The molecule has 0 saturated carbocycles. The van der Waals surface area contributed by atoms with Crippen LogP contribution in [0.25, 0.3) is 10.8 Å². The van der Waals surface area contributed by atoms with Crippen LogP contribution >= 0.6 is 7.60 Å². The smallest absolute Gasteiger partial charge is 1.00 e. The molecule has 24 heavy (non-hydrogen) atoms. The van der Waals surface area contributed by atoms with Crippen LogP contribution in [0.15, 0.2) is 59.5 Å². The molecule has 0 aromatic heterocycles. The molecule has 0 amide bonds. The summed E-state index contributed by atoms with van der Waals surface area (Å²) in [4.78, 5) is 10.3. The fraction of sp³-hybridized carbons (Fsp3) is 0.188. The average molecular weight is 478 g/mol. The number of allylic oxidation sites excluding steroid dienone is 3. The molecule has 2 aromatic rings. The molecule has 2 aromatic carbocycles. The van der Waals surface area contributed by atoms with Gasteiger partial charge in [0.2, 0.25) is 0 Å². The number of rotatable bonds is 4. The number of benzene rings is 1. The zero-order valence-electron chi connectivity index (χ0n) is 13.3. The summed E-state index contributed by atoms with van der Waals surface area (Å²) >= 11 is 0. The molecular weight excluding hydrogens is 461 g/mol. The molecule has 0 spiro atoms. The van der Waals surface area contributed by atoms with E-state index in [2.05, 4.69) is 13.1 Å². The third-order valence-electron chi connectivity index (χ3n) is 3.59. The molecule has 0 saturated heterocycles. The summed E-state index contributed by atoms with van der Waals surface area (Å²) < 4.78 is 18.1. The van der Waals surface area contributed by atoms with Gasteiger partial charge in [-0.2, -0.15) is 6.07 Å². The number of hydrogen-bond donors (Lipinski definition) is 1. The van der Waals surface area contributed by atoms with E-state index in [1.165, 1.54) is 0 Å². The van der Waals surface area contributed by atoms with E-state index >= 15 is 0 Å². The standard InChI is InChI=1S/C16H17O3PSi.2ClH.Zr/c1-21(2)16-9-5-8-15(16)19-20(17,18)14-10-12-6-3-4-7-13(12)11-14;;;/h3-7,9-11H,8H2,1-2H3,(H,17,18);2*1H;/q-1;;;+3/p-2. The summed E-state index contributed by atoms with van der Waals surface area (Å²) in [5.41, 5.74) is 0. The van der Waals surface area contributed by atoms with E-state index < -0.39 is 16.4 Å². The van der Waals surface area contributed by atoms with Gasteiger partial charge in [0.05, 0.1) is 8.80 Å². The van der Waals surface area contributed by atoms with Crippen LogP contribution in [0, 0.1) is 0 Å². The van der Waals surface area contributed by atoms with Crippen LogP contribution in [0.5, 0.6) is 0 Å². The van der Waals surface area contributed by atoms with E-state index in [0.29, 0.717) is 17.5 Å². The van der Waals surface area contributed by atoms with Gasteiger partial charge in [-0.1, -0.05) is 31.3 Å². The van der Waals surface area contributed by atoms with Crippen LogP contribution in [0.2, 0.25) is 13.1 Å². The third kappa shape index (κ3) is 5.00. The van der Waals surface area contributed by atoms with E-state index in [0.717, 1.165) is 16.0 Å². The van der Waals surface area contributed by atoms with Crippen LogP contribution in [-0.4, -0.2) is 13.7 Å². The normalized spacial score (nSPS) is 15.5. The van der Waals surface area contributed by atoms with Gasteiger partial charge in [-0.3, -0.25) is 0 Å². The molecule has 0 heterocycles. The van der Waals surface area contributed by atoms with E-state index in [1.54, 1.807) is 12.1 Å². The molecular formula is C16H17Cl2O3PSiZr. The molecule has 3 rings (SSSR count). The topological polar surface area (TPSA) is 46.5 Å². The van der Waals surface area contributed by atoms with Gasteiger partial charge in [-0.25, -0.2) is 4.57 Å². The minimum atomic E-state index is -3.83. The van der Waals surface area contributed by atoms with Crippen molar-refractivity contribution in [2.24, 2.45) is 0 Å². The van der Waals surface area contributed by atoms with Gasteiger partial charge < -0.3 is 34.2 Å². The Morgan fingerprint density at radius 2 is 1.92 bits per heavy atom. The molecule has 1 aliphatic rings. The molecule has 1 unspecified atom stereocenters. The first-order valence-electron chi connectivity index (χ1n) is 6.86. The van der Waals surface area contributed by atoms with Gasteiger partial charge in [0, 0.05) is 6.42 Å². The van der Waals surface area contributed by atoms with Gasteiger partial charge in [0.25, 0.3) is 0 Å². The maximum atomic E-state index is 12.6. The molecule has 126 valence electrons. The predicted octanol–water partition coefficient (Wildman–Crippen LogP) is -2.10. The van der Waals surface area contributed by atoms with Crippen LogP contribution in [0.4, 0.5) is 0 Å². The zero-order chi connectivity index (χ0) is 15.0. The summed E-state index contributed by atoms with van der Waals surface area (Å²) in [5, 5.41) is 3.38. The minimum absolute atomic E-state index is 0. The van der Waals surface area contributed by atoms with E-state index in [9.17, 15) is 9.46 Å². The van der Waals surface area contributed by atoms with Crippen LogP contribution < -0.4 is 30.1 Å². The summed E-state index contributed by atoms with van der Waals surface area (Å²) in [6.07, 6.45) is 4.62. The SMILES string of the molecule is C[Si](C)C1=C(OP(=O)(O)c2cc3ccccc3[cH-]2)CC=C1.[Cl-].[Cl-].[Zr+3]. The Kier molecular flexibility index (Phi) is 9.61. The molecule has 0 fully saturated rings. The predicted molar refractivity (Wildman–Crippen MR) is 88.4 cm³/mol. The number of hydrogen-bond acceptors (Lipinski definition) is 2. The fourth-order valence-corrected chi connectivity index (χ4v) is 4.95. The van der Waals surface area contributed by atoms with Crippen molar-refractivity contribution in [1.82, 2.24) is 0 Å². The molecule has 1 aliphatic carbocycles. The van der Waals surface area contributed by atoms with Crippen molar-refractivity contribution < 1.29 is 65.0 Å². The van der Waals surface area contributed by atoms with Gasteiger partial charge in [-0.15, -0.1) is 35.0 Å². The van der Waals surface area contributed by atoms with Crippen molar-refractivity contribution in [3.63, 3.8) is 0 Å². The Balaban J connectivity index is 0.00000176. The van der Waals surface area contributed by atoms with Crippen molar-refractivity contribution in [1.29, 1.82) is 0 Å². The largest absolute Gasteiger partial charge is 3.00 e. The quantitative estimate of drug-likeness (QED) is 0.311. The second kappa shape index (κ2) is 9.62. The Morgan fingerprint density at radius 3 is 2.54 bits per heavy atom. The Morgan fingerprint density at radius 1 is 1.25 bits per heavy atom. The zero-order valence-corrected chi connectivity index (χ0v) is 19.2. The third-order valence-corrected chi connectivity index (χ3v) is 6.49. The molecule has 1 N–H and O–H groups in total. The van der Waals surface area contributed by atoms with Gasteiger partial charge in [0.1, 0.15) is 5.76 Å². The van der Waals surface area contributed by atoms with E-state index in [1.807, 2.05) is 36.4 Å². The number of halogens is 2. The summed E-state index contributed by atoms with van der Waals surface area (Å²) in [6, 6.07) is 11.2. The second-order valence-electron chi connectivity index (χ2n) is 5.40. The van der Waals surface area contributed by atoms with Gasteiger partial charge in [0.15, 0.2) is 0 Å². The first kappa shape index (κ1) is 24.0. The van der Waals surface area contributed by atoms with Crippen molar-refractivity contribution in [3.8, 4) is 0 Å². The average Bonchev–Trinajstić information content (AvgIpc) is 3.04. The first-order chi connectivity index (χ1) is 9.97. The van der Waals surface area contributed by atoms with Gasteiger partial charge >= 0.3 is 33.8 Å². The Bertz CT molecular complexity index is 768. The second-order valence-corrected chi connectivity index (χ2v) is 9.68. The first-order valence-corrected chi connectivity index (χ1v) is 10.9. The summed E-state index contributed by atoms with van der Waals surface area (Å²) in [7, 11) is -4.53. The molecule has 2 radical (unpaired) electrons. The van der Waals surface area contributed by atoms with Crippen LogP contribution in [-0.2, 0) is 35.3 Å². The molecule has 1 atom stereocenters. The summed E-state index contributed by atoms with van der Waals surface area (Å²) in [5.74, 6) is 0.657.